The van der Waals surface area contributed by atoms with Crippen LogP contribution in [0.3, 0.4) is 0 Å². The van der Waals surface area contributed by atoms with Crippen LogP contribution in [0.1, 0.15) is 0 Å². The third kappa shape index (κ3) is 4.84. The van der Waals surface area contributed by atoms with Gasteiger partial charge in [-0.25, -0.2) is 0 Å². The van der Waals surface area contributed by atoms with E-state index in [1.807, 2.05) is 0 Å². The average molecular weight is 379 g/mol. The summed E-state index contributed by atoms with van der Waals surface area (Å²) in [5.74, 6) is 0.970. The van der Waals surface area contributed by atoms with Crippen molar-refractivity contribution in [3.8, 4) is 5.75 Å². The van der Waals surface area contributed by atoms with Gasteiger partial charge in [0.1, 0.15) is 5.75 Å². The van der Waals surface area contributed by atoms with Gasteiger partial charge in [0, 0.05) is 5.39 Å². The van der Waals surface area contributed by atoms with Crippen molar-refractivity contribution in [2.45, 2.75) is 27.9 Å². The summed E-state index contributed by atoms with van der Waals surface area (Å²) in [5.41, 5.74) is 0. The van der Waals surface area contributed by atoms with Gasteiger partial charge in [0.25, 0.3) is 0 Å². The minimum absolute atomic E-state index is 0.417. The zero-order chi connectivity index (χ0) is 14.4. The number of methoxy groups -OCH3 is 1. The molecule has 0 amide bonds. The van der Waals surface area contributed by atoms with E-state index in [-0.39, 0.29) is 0 Å². The first-order chi connectivity index (χ1) is 8.97. The van der Waals surface area contributed by atoms with Gasteiger partial charge in [0.05, 0.1) is 15.9 Å². The number of benzene rings is 2. The second-order valence-corrected chi connectivity index (χ2v) is 16.5. The summed E-state index contributed by atoms with van der Waals surface area (Å²) in [5, 5.41) is 4.05. The van der Waals surface area contributed by atoms with Crippen LogP contribution in [0.2, 0.25) is 27.9 Å². The molecule has 3 heteroatoms. The summed E-state index contributed by atoms with van der Waals surface area (Å²) >= 11 is -0.543. The SMILES string of the molecule is COc1ccc([Si](C)C)c2ccccc12.[CH3][Sn]([CH3])[CH3]. The Labute approximate surface area is 126 Å². The average Bonchev–Trinajstić information content (AvgIpc) is 2.36. The molecule has 102 valence electrons. The molecule has 0 bridgehead atoms. The quantitative estimate of drug-likeness (QED) is 0.712. The van der Waals surface area contributed by atoms with Crippen LogP contribution >= 0.6 is 0 Å². The molecule has 0 fully saturated rings. The predicted molar refractivity (Wildman–Crippen MR) is 91.0 cm³/mol. The number of rotatable bonds is 2. The molecule has 0 saturated heterocycles. The summed E-state index contributed by atoms with van der Waals surface area (Å²) in [4.78, 5) is 7.09. The van der Waals surface area contributed by atoms with Gasteiger partial charge in [-0.15, -0.1) is 0 Å². The maximum atomic E-state index is 5.37. The Morgan fingerprint density at radius 1 is 0.895 bits per heavy atom. The van der Waals surface area contributed by atoms with E-state index < -0.39 is 28.6 Å². The van der Waals surface area contributed by atoms with Gasteiger partial charge in [-0.3, -0.25) is 0 Å². The summed E-state index contributed by atoms with van der Waals surface area (Å²) in [6.45, 7) is 4.64. The first kappa shape index (κ1) is 16.6. The molecule has 2 aromatic rings. The van der Waals surface area contributed by atoms with E-state index in [2.05, 4.69) is 64.3 Å². The van der Waals surface area contributed by atoms with Crippen molar-refractivity contribution in [3.63, 3.8) is 0 Å². The van der Waals surface area contributed by atoms with Crippen LogP contribution in [0.15, 0.2) is 36.4 Å². The van der Waals surface area contributed by atoms with Crippen molar-refractivity contribution in [3.05, 3.63) is 36.4 Å². The topological polar surface area (TPSA) is 9.23 Å². The second-order valence-electron chi connectivity index (χ2n) is 5.36. The molecule has 0 aliphatic heterocycles. The molecule has 0 aliphatic rings. The molecular formula is C16H24OSiSn. The molecule has 2 rings (SSSR count). The number of ether oxygens (including phenoxy) is 1. The fourth-order valence-corrected chi connectivity index (χ4v) is 3.06. The molecule has 0 aliphatic carbocycles. The molecule has 0 saturated carbocycles. The van der Waals surface area contributed by atoms with E-state index in [0.29, 0.717) is 0 Å². The van der Waals surface area contributed by atoms with Crippen molar-refractivity contribution < 1.29 is 4.74 Å². The third-order valence-electron chi connectivity index (χ3n) is 2.64. The first-order valence-electron chi connectivity index (χ1n) is 6.60. The molecule has 0 spiro atoms. The van der Waals surface area contributed by atoms with Gasteiger partial charge in [0.2, 0.25) is 0 Å². The van der Waals surface area contributed by atoms with Crippen LogP contribution in [0, 0.1) is 0 Å². The van der Waals surface area contributed by atoms with Crippen LogP contribution < -0.4 is 9.92 Å². The van der Waals surface area contributed by atoms with E-state index in [4.69, 9.17) is 4.74 Å². The molecular weight excluding hydrogens is 355 g/mol. The molecule has 0 heterocycles. The fraction of sp³-hybridized carbons (Fsp3) is 0.375. The van der Waals surface area contributed by atoms with Crippen LogP contribution in [-0.4, -0.2) is 35.7 Å². The maximum absolute atomic E-state index is 5.37. The molecule has 19 heavy (non-hydrogen) atoms. The summed E-state index contributed by atoms with van der Waals surface area (Å²) < 4.78 is 5.37. The van der Waals surface area contributed by atoms with Crippen LogP contribution in [0.5, 0.6) is 5.75 Å². The molecule has 0 unspecified atom stereocenters. The third-order valence-corrected chi connectivity index (χ3v) is 4.16. The zero-order valence-electron chi connectivity index (χ0n) is 12.9. The fourth-order valence-electron chi connectivity index (χ4n) is 1.89. The molecule has 0 atom stereocenters. The zero-order valence-corrected chi connectivity index (χ0v) is 16.7. The molecule has 1 nitrogen and oxygen atoms in total. The number of hydrogen-bond acceptors (Lipinski definition) is 1. The molecule has 2 radical (unpaired) electrons. The van der Waals surface area contributed by atoms with Crippen LogP contribution in [0.25, 0.3) is 10.8 Å². The van der Waals surface area contributed by atoms with Crippen molar-refractivity contribution in [1.82, 2.24) is 0 Å². The Bertz CT molecular complexity index is 520. The molecule has 0 N–H and O–H groups in total. The Morgan fingerprint density at radius 2 is 1.42 bits per heavy atom. The summed E-state index contributed by atoms with van der Waals surface area (Å²) in [6.07, 6.45) is 0. The van der Waals surface area contributed by atoms with E-state index in [1.54, 1.807) is 7.11 Å². The Hall–Kier alpha value is -0.484. The van der Waals surface area contributed by atoms with E-state index in [1.165, 1.54) is 16.0 Å². The van der Waals surface area contributed by atoms with Gasteiger partial charge in [0.15, 0.2) is 0 Å². The minimum atomic E-state index is -0.543. The second kappa shape index (κ2) is 7.95. The molecule has 0 aromatic heterocycles. The first-order valence-corrected chi connectivity index (χ1v) is 17.7. The number of fused-ring (bicyclic) bond motifs is 1. The van der Waals surface area contributed by atoms with Gasteiger partial charge in [-0.2, -0.15) is 0 Å². The van der Waals surface area contributed by atoms with E-state index in [0.717, 1.165) is 5.75 Å². The van der Waals surface area contributed by atoms with E-state index in [9.17, 15) is 0 Å². The Balaban J connectivity index is 0.000000399. The van der Waals surface area contributed by atoms with Gasteiger partial charge in [-0.1, -0.05) is 48.6 Å². The molecule has 2 aromatic carbocycles. The van der Waals surface area contributed by atoms with Crippen molar-refractivity contribution >= 4 is 44.5 Å². The number of hydrogen-bond donors (Lipinski definition) is 0. The van der Waals surface area contributed by atoms with Crippen molar-refractivity contribution in [1.29, 1.82) is 0 Å². The van der Waals surface area contributed by atoms with Crippen molar-refractivity contribution in [2.75, 3.05) is 7.11 Å². The van der Waals surface area contributed by atoms with Gasteiger partial charge < -0.3 is 4.74 Å². The van der Waals surface area contributed by atoms with Crippen LogP contribution in [0.4, 0.5) is 0 Å². The summed E-state index contributed by atoms with van der Waals surface area (Å²) in [6, 6.07) is 12.8. The van der Waals surface area contributed by atoms with Gasteiger partial charge in [-0.05, 0) is 11.5 Å². The Kier molecular flexibility index (Phi) is 6.93. The van der Waals surface area contributed by atoms with Crippen molar-refractivity contribution in [2.24, 2.45) is 0 Å². The standard InChI is InChI=1S/C13H15OSi.3CH3.Sn/c1-14-12-8-9-13(15(2)3)11-7-5-4-6-10(11)12;;;;/h4-9H,1-3H3;3*1H3;. The van der Waals surface area contributed by atoms with E-state index >= 15 is 0 Å². The van der Waals surface area contributed by atoms with Gasteiger partial charge >= 0.3 is 34.6 Å². The monoisotopic (exact) mass is 380 g/mol. The summed E-state index contributed by atoms with van der Waals surface area (Å²) in [7, 11) is 1.31. The van der Waals surface area contributed by atoms with Crippen LogP contribution in [-0.2, 0) is 0 Å². The normalized spacial score (nSPS) is 10.5. The predicted octanol–water partition coefficient (Wildman–Crippen LogP) is 4.18. The Morgan fingerprint density at radius 3 is 1.89 bits per heavy atom.